The van der Waals surface area contributed by atoms with Crippen molar-refractivity contribution in [1.82, 2.24) is 4.90 Å². The Hall–Kier alpha value is -1.38. The summed E-state index contributed by atoms with van der Waals surface area (Å²) in [7, 11) is 1.74. The van der Waals surface area contributed by atoms with Gasteiger partial charge >= 0.3 is 0 Å². The summed E-state index contributed by atoms with van der Waals surface area (Å²) in [5, 5.41) is 0. The number of nitrogens with zero attached hydrogens (tertiary/aromatic N) is 1. The molecule has 1 saturated carbocycles. The Bertz CT molecular complexity index is 387. The third-order valence-electron chi connectivity index (χ3n) is 3.21. The van der Waals surface area contributed by atoms with Crippen LogP contribution in [0.15, 0.2) is 24.3 Å². The Balaban J connectivity index is 2.03. The summed E-state index contributed by atoms with van der Waals surface area (Å²) >= 11 is 0. The van der Waals surface area contributed by atoms with Gasteiger partial charge in [-0.2, -0.15) is 0 Å². The number of hydrogen-bond acceptors (Lipinski definition) is 1. The quantitative estimate of drug-likeness (QED) is 0.768. The van der Waals surface area contributed by atoms with Crippen LogP contribution < -0.4 is 0 Å². The zero-order chi connectivity index (χ0) is 11.5. The minimum Gasteiger partial charge on any atom is -0.341 e. The van der Waals surface area contributed by atoms with Crippen molar-refractivity contribution in [2.75, 3.05) is 13.6 Å². The molecule has 0 bridgehead atoms. The average molecular weight is 221 g/mol. The van der Waals surface area contributed by atoms with Gasteiger partial charge in [0.25, 0.3) is 5.91 Å². The van der Waals surface area contributed by atoms with Crippen LogP contribution in [0, 0.1) is 11.7 Å². The maximum absolute atomic E-state index is 13.4. The summed E-state index contributed by atoms with van der Waals surface area (Å²) in [5.74, 6) is -0.0429. The minimum atomic E-state index is -0.437. The second kappa shape index (κ2) is 4.64. The van der Waals surface area contributed by atoms with Crippen molar-refractivity contribution in [3.05, 3.63) is 35.6 Å². The smallest absolute Gasteiger partial charge is 0.256 e. The van der Waals surface area contributed by atoms with Gasteiger partial charge in [0.2, 0.25) is 0 Å². The molecule has 0 radical (unpaired) electrons. The van der Waals surface area contributed by atoms with E-state index in [1.165, 1.54) is 31.4 Å². The van der Waals surface area contributed by atoms with Crippen molar-refractivity contribution in [2.24, 2.45) is 5.92 Å². The first-order chi connectivity index (χ1) is 7.68. The summed E-state index contributed by atoms with van der Waals surface area (Å²) in [6.45, 7) is 0.743. The number of halogens is 1. The fourth-order valence-corrected chi connectivity index (χ4v) is 1.99. The fourth-order valence-electron chi connectivity index (χ4n) is 1.99. The molecule has 1 aliphatic carbocycles. The third kappa shape index (κ3) is 2.23. The summed E-state index contributed by atoms with van der Waals surface area (Å²) in [6.07, 6.45) is 3.64. The zero-order valence-corrected chi connectivity index (χ0v) is 9.45. The molecule has 0 unspecified atom stereocenters. The van der Waals surface area contributed by atoms with Crippen molar-refractivity contribution < 1.29 is 9.18 Å². The van der Waals surface area contributed by atoms with Crippen LogP contribution in [-0.2, 0) is 0 Å². The van der Waals surface area contributed by atoms with Gasteiger partial charge in [-0.3, -0.25) is 4.79 Å². The van der Waals surface area contributed by atoms with E-state index in [1.807, 2.05) is 0 Å². The molecule has 16 heavy (non-hydrogen) atoms. The molecule has 2 rings (SSSR count). The van der Waals surface area contributed by atoms with Crippen LogP contribution in [0.1, 0.15) is 29.6 Å². The average Bonchev–Trinajstić information content (AvgIpc) is 2.23. The number of carbonyl (C=O) groups is 1. The molecule has 0 aliphatic heterocycles. The molecule has 0 aromatic heterocycles. The van der Waals surface area contributed by atoms with Crippen LogP contribution >= 0.6 is 0 Å². The van der Waals surface area contributed by atoms with Crippen LogP contribution in [0.2, 0.25) is 0 Å². The Labute approximate surface area is 95.1 Å². The van der Waals surface area contributed by atoms with Gasteiger partial charge in [-0.1, -0.05) is 18.6 Å². The fraction of sp³-hybridized carbons (Fsp3) is 0.462. The molecular formula is C13H16FNO. The van der Waals surface area contributed by atoms with E-state index in [1.54, 1.807) is 24.1 Å². The first-order valence-corrected chi connectivity index (χ1v) is 5.68. The Morgan fingerprint density at radius 1 is 1.44 bits per heavy atom. The molecule has 1 fully saturated rings. The van der Waals surface area contributed by atoms with Crippen LogP contribution in [0.25, 0.3) is 0 Å². The van der Waals surface area contributed by atoms with Gasteiger partial charge in [-0.05, 0) is 30.9 Å². The first kappa shape index (κ1) is 11.1. The van der Waals surface area contributed by atoms with Crippen molar-refractivity contribution in [3.63, 3.8) is 0 Å². The predicted octanol–water partition coefficient (Wildman–Crippen LogP) is 2.70. The molecule has 1 aromatic rings. The first-order valence-electron chi connectivity index (χ1n) is 5.68. The normalized spacial score (nSPS) is 15.6. The highest BCUT2D eigenvalue weighted by Gasteiger charge is 2.23. The Morgan fingerprint density at radius 3 is 2.69 bits per heavy atom. The monoisotopic (exact) mass is 221 g/mol. The van der Waals surface area contributed by atoms with Crippen molar-refractivity contribution in [2.45, 2.75) is 19.3 Å². The molecule has 0 saturated heterocycles. The molecule has 0 spiro atoms. The highest BCUT2D eigenvalue weighted by atomic mass is 19.1. The zero-order valence-electron chi connectivity index (χ0n) is 9.45. The highest BCUT2D eigenvalue weighted by molar-refractivity contribution is 5.94. The second-order valence-corrected chi connectivity index (χ2v) is 4.46. The molecular weight excluding hydrogens is 205 g/mol. The molecule has 86 valence electrons. The predicted molar refractivity (Wildman–Crippen MR) is 60.7 cm³/mol. The lowest BCUT2D eigenvalue weighted by Gasteiger charge is -2.30. The summed E-state index contributed by atoms with van der Waals surface area (Å²) < 4.78 is 13.4. The van der Waals surface area contributed by atoms with Gasteiger partial charge in [-0.25, -0.2) is 4.39 Å². The molecule has 1 aromatic carbocycles. The molecule has 2 nitrogen and oxygen atoms in total. The maximum Gasteiger partial charge on any atom is 0.256 e. The van der Waals surface area contributed by atoms with Gasteiger partial charge in [0, 0.05) is 13.6 Å². The lowest BCUT2D eigenvalue weighted by molar-refractivity contribution is 0.0740. The van der Waals surface area contributed by atoms with Gasteiger partial charge < -0.3 is 4.90 Å². The van der Waals surface area contributed by atoms with E-state index in [2.05, 4.69) is 0 Å². The van der Waals surface area contributed by atoms with Gasteiger partial charge in [-0.15, -0.1) is 0 Å². The topological polar surface area (TPSA) is 20.3 Å². The lowest BCUT2D eigenvalue weighted by atomic mass is 9.85. The van der Waals surface area contributed by atoms with Gasteiger partial charge in [0.05, 0.1) is 5.56 Å². The van der Waals surface area contributed by atoms with Crippen LogP contribution in [0.4, 0.5) is 4.39 Å². The number of rotatable bonds is 3. The number of amides is 1. The lowest BCUT2D eigenvalue weighted by Crippen LogP contribution is -2.34. The maximum atomic E-state index is 13.4. The molecule has 0 atom stereocenters. The largest absolute Gasteiger partial charge is 0.341 e. The summed E-state index contributed by atoms with van der Waals surface area (Å²) in [4.78, 5) is 13.6. The standard InChI is InChI=1S/C13H16FNO/c1-15(9-10-5-4-6-10)13(16)11-7-2-3-8-12(11)14/h2-3,7-8,10H,4-6,9H2,1H3. The van der Waals surface area contributed by atoms with Crippen LogP contribution in [0.3, 0.4) is 0 Å². The summed E-state index contributed by atoms with van der Waals surface area (Å²) in [6, 6.07) is 6.14. The summed E-state index contributed by atoms with van der Waals surface area (Å²) in [5.41, 5.74) is 0.171. The van der Waals surface area contributed by atoms with Crippen LogP contribution in [-0.4, -0.2) is 24.4 Å². The van der Waals surface area contributed by atoms with Gasteiger partial charge in [0.15, 0.2) is 0 Å². The number of carbonyl (C=O) groups excluding carboxylic acids is 1. The number of hydrogen-bond donors (Lipinski definition) is 0. The molecule has 0 heterocycles. The second-order valence-electron chi connectivity index (χ2n) is 4.46. The number of benzene rings is 1. The minimum absolute atomic E-state index is 0.171. The third-order valence-corrected chi connectivity index (χ3v) is 3.21. The molecule has 0 N–H and O–H groups in total. The molecule has 1 aliphatic rings. The Morgan fingerprint density at radius 2 is 2.12 bits per heavy atom. The van der Waals surface area contributed by atoms with Gasteiger partial charge in [0.1, 0.15) is 5.82 Å². The van der Waals surface area contributed by atoms with E-state index < -0.39 is 5.82 Å². The van der Waals surface area contributed by atoms with E-state index in [0.717, 1.165) is 6.54 Å². The van der Waals surface area contributed by atoms with E-state index in [-0.39, 0.29) is 11.5 Å². The van der Waals surface area contributed by atoms with E-state index in [0.29, 0.717) is 5.92 Å². The molecule has 3 heteroatoms. The SMILES string of the molecule is CN(CC1CCC1)C(=O)c1ccccc1F. The van der Waals surface area contributed by atoms with Crippen molar-refractivity contribution in [1.29, 1.82) is 0 Å². The van der Waals surface area contributed by atoms with Crippen molar-refractivity contribution in [3.8, 4) is 0 Å². The van der Waals surface area contributed by atoms with Crippen LogP contribution in [0.5, 0.6) is 0 Å². The van der Waals surface area contributed by atoms with E-state index in [9.17, 15) is 9.18 Å². The van der Waals surface area contributed by atoms with E-state index in [4.69, 9.17) is 0 Å². The van der Waals surface area contributed by atoms with E-state index >= 15 is 0 Å². The highest BCUT2D eigenvalue weighted by Crippen LogP contribution is 2.27. The Kier molecular flexibility index (Phi) is 3.22. The van der Waals surface area contributed by atoms with Crippen molar-refractivity contribution >= 4 is 5.91 Å². The molecule has 1 amide bonds.